The molecule has 4 nitrogen and oxygen atoms in total. The second-order valence-corrected chi connectivity index (χ2v) is 4.47. The van der Waals surface area contributed by atoms with Gasteiger partial charge in [0, 0.05) is 5.69 Å². The van der Waals surface area contributed by atoms with Crippen LogP contribution in [0.4, 0.5) is 5.69 Å². The van der Waals surface area contributed by atoms with E-state index in [1.807, 2.05) is 0 Å². The molecule has 0 atom stereocenters. The Kier molecular flexibility index (Phi) is 4.11. The molecule has 0 fully saturated rings. The summed E-state index contributed by atoms with van der Waals surface area (Å²) in [5.41, 5.74) is 5.93. The van der Waals surface area contributed by atoms with Gasteiger partial charge in [0.25, 0.3) is 0 Å². The van der Waals surface area contributed by atoms with Crippen molar-refractivity contribution < 1.29 is 9.53 Å². The predicted molar refractivity (Wildman–Crippen MR) is 65.1 cm³/mol. The number of nitrogens with two attached hydrogens (primary N) is 1. The molecule has 1 aromatic rings. The van der Waals surface area contributed by atoms with Gasteiger partial charge in [-0.1, -0.05) is 12.1 Å². The molecule has 0 aromatic heterocycles. The van der Waals surface area contributed by atoms with Gasteiger partial charge in [-0.3, -0.25) is 0 Å². The van der Waals surface area contributed by atoms with E-state index in [4.69, 9.17) is 15.7 Å². The molecule has 1 rings (SSSR count). The average Bonchev–Trinajstić information content (AvgIpc) is 2.29. The zero-order valence-corrected chi connectivity index (χ0v) is 10.1. The van der Waals surface area contributed by atoms with Gasteiger partial charge in [-0.05, 0) is 32.4 Å². The van der Waals surface area contributed by atoms with Gasteiger partial charge in [0.2, 0.25) is 0 Å². The largest absolute Gasteiger partial charge is 0.462 e. The summed E-state index contributed by atoms with van der Waals surface area (Å²) in [6.45, 7) is 3.82. The number of benzene rings is 1. The van der Waals surface area contributed by atoms with E-state index in [0.717, 1.165) is 0 Å². The van der Waals surface area contributed by atoms with Crippen LogP contribution >= 0.6 is 0 Å². The highest BCUT2D eigenvalue weighted by molar-refractivity contribution is 5.94. The van der Waals surface area contributed by atoms with Crippen LogP contribution in [-0.2, 0) is 4.74 Å². The van der Waals surface area contributed by atoms with E-state index in [9.17, 15) is 4.79 Å². The Balaban J connectivity index is 2.53. The zero-order valence-electron chi connectivity index (χ0n) is 10.1. The van der Waals surface area contributed by atoms with Crippen molar-refractivity contribution in [2.24, 2.45) is 5.41 Å². The van der Waals surface area contributed by atoms with Crippen molar-refractivity contribution in [3.05, 3.63) is 29.8 Å². The summed E-state index contributed by atoms with van der Waals surface area (Å²) in [7, 11) is 0. The summed E-state index contributed by atoms with van der Waals surface area (Å²) in [6.07, 6.45) is 0.502. The lowest BCUT2D eigenvalue weighted by molar-refractivity contribution is 0.0476. The number of rotatable bonds is 4. The van der Waals surface area contributed by atoms with E-state index in [1.165, 1.54) is 0 Å². The SMILES string of the molecule is CC(C)(C#N)CCOC(=O)c1ccccc1N. The lowest BCUT2D eigenvalue weighted by Gasteiger charge is -2.14. The van der Waals surface area contributed by atoms with Crippen LogP contribution in [0.25, 0.3) is 0 Å². The van der Waals surface area contributed by atoms with Gasteiger partial charge >= 0.3 is 5.97 Å². The van der Waals surface area contributed by atoms with Crippen molar-refractivity contribution >= 4 is 11.7 Å². The van der Waals surface area contributed by atoms with E-state index in [0.29, 0.717) is 17.7 Å². The van der Waals surface area contributed by atoms with Crippen LogP contribution in [0.3, 0.4) is 0 Å². The fourth-order valence-electron chi connectivity index (χ4n) is 1.22. The Hall–Kier alpha value is -2.02. The highest BCUT2D eigenvalue weighted by Crippen LogP contribution is 2.19. The number of esters is 1. The lowest BCUT2D eigenvalue weighted by Crippen LogP contribution is -2.15. The third-order valence-electron chi connectivity index (χ3n) is 2.44. The maximum Gasteiger partial charge on any atom is 0.340 e. The molecule has 0 radical (unpaired) electrons. The zero-order chi connectivity index (χ0) is 12.9. The van der Waals surface area contributed by atoms with E-state index in [1.54, 1.807) is 38.1 Å². The molecular weight excluding hydrogens is 216 g/mol. The number of anilines is 1. The predicted octanol–water partition coefficient (Wildman–Crippen LogP) is 2.37. The molecule has 0 heterocycles. The molecule has 0 saturated heterocycles. The molecule has 0 saturated carbocycles. The number of carbonyl (C=O) groups excluding carboxylic acids is 1. The van der Waals surface area contributed by atoms with Crippen molar-refractivity contribution in [1.82, 2.24) is 0 Å². The molecule has 0 amide bonds. The standard InChI is InChI=1S/C13H16N2O2/c1-13(2,9-14)7-8-17-12(16)10-5-3-4-6-11(10)15/h3-6H,7-8,15H2,1-2H3. The Morgan fingerprint density at radius 2 is 2.12 bits per heavy atom. The summed E-state index contributed by atoms with van der Waals surface area (Å²) in [5, 5.41) is 8.81. The minimum Gasteiger partial charge on any atom is -0.462 e. The third kappa shape index (κ3) is 3.80. The van der Waals surface area contributed by atoms with Crippen LogP contribution in [0.2, 0.25) is 0 Å². The number of nitriles is 1. The number of nitrogen functional groups attached to an aromatic ring is 1. The lowest BCUT2D eigenvalue weighted by atomic mass is 9.92. The van der Waals surface area contributed by atoms with Crippen LogP contribution in [0.15, 0.2) is 24.3 Å². The number of carbonyl (C=O) groups is 1. The van der Waals surface area contributed by atoms with E-state index >= 15 is 0 Å². The summed E-state index contributed by atoms with van der Waals surface area (Å²) in [6, 6.07) is 8.90. The molecule has 90 valence electrons. The summed E-state index contributed by atoms with van der Waals surface area (Å²) < 4.78 is 5.08. The van der Waals surface area contributed by atoms with E-state index in [2.05, 4.69) is 6.07 Å². The Labute approximate surface area is 101 Å². The van der Waals surface area contributed by atoms with Crippen LogP contribution in [0, 0.1) is 16.7 Å². The van der Waals surface area contributed by atoms with E-state index in [-0.39, 0.29) is 6.61 Å². The molecular formula is C13H16N2O2. The first kappa shape index (κ1) is 13.0. The summed E-state index contributed by atoms with van der Waals surface area (Å²) in [5.74, 6) is -0.447. The molecule has 0 aliphatic carbocycles. The Morgan fingerprint density at radius 3 is 2.71 bits per heavy atom. The maximum absolute atomic E-state index is 11.7. The fourth-order valence-corrected chi connectivity index (χ4v) is 1.22. The van der Waals surface area contributed by atoms with Crippen molar-refractivity contribution in [3.8, 4) is 6.07 Å². The van der Waals surface area contributed by atoms with Crippen molar-refractivity contribution in [2.45, 2.75) is 20.3 Å². The molecule has 0 bridgehead atoms. The molecule has 4 heteroatoms. The van der Waals surface area contributed by atoms with Crippen LogP contribution in [0.1, 0.15) is 30.6 Å². The van der Waals surface area contributed by atoms with Gasteiger partial charge in [0.1, 0.15) is 0 Å². The van der Waals surface area contributed by atoms with Gasteiger partial charge in [-0.15, -0.1) is 0 Å². The minimum atomic E-state index is -0.484. The molecule has 0 unspecified atom stereocenters. The van der Waals surface area contributed by atoms with Crippen LogP contribution in [0.5, 0.6) is 0 Å². The fraction of sp³-hybridized carbons (Fsp3) is 0.385. The van der Waals surface area contributed by atoms with Crippen molar-refractivity contribution in [2.75, 3.05) is 12.3 Å². The quantitative estimate of drug-likeness (QED) is 0.638. The first-order chi connectivity index (χ1) is 7.96. The number of hydrogen-bond acceptors (Lipinski definition) is 4. The van der Waals surface area contributed by atoms with E-state index < -0.39 is 11.4 Å². The first-order valence-electron chi connectivity index (χ1n) is 5.39. The van der Waals surface area contributed by atoms with Crippen molar-refractivity contribution in [3.63, 3.8) is 0 Å². The maximum atomic E-state index is 11.7. The minimum absolute atomic E-state index is 0.216. The van der Waals surface area contributed by atoms with Crippen molar-refractivity contribution in [1.29, 1.82) is 5.26 Å². The topological polar surface area (TPSA) is 76.1 Å². The Morgan fingerprint density at radius 1 is 1.47 bits per heavy atom. The second kappa shape index (κ2) is 5.35. The smallest absolute Gasteiger partial charge is 0.340 e. The van der Waals surface area contributed by atoms with Crippen LogP contribution in [-0.4, -0.2) is 12.6 Å². The number of nitrogens with zero attached hydrogens (tertiary/aromatic N) is 1. The molecule has 0 spiro atoms. The first-order valence-corrected chi connectivity index (χ1v) is 5.39. The highest BCUT2D eigenvalue weighted by atomic mass is 16.5. The molecule has 1 aromatic carbocycles. The van der Waals surface area contributed by atoms with Gasteiger partial charge < -0.3 is 10.5 Å². The molecule has 0 aliphatic rings. The van der Waals surface area contributed by atoms with Gasteiger partial charge in [-0.2, -0.15) is 5.26 Å². The summed E-state index contributed by atoms with van der Waals surface area (Å²) in [4.78, 5) is 11.7. The normalized spacial score (nSPS) is 10.6. The third-order valence-corrected chi connectivity index (χ3v) is 2.44. The van der Waals surface area contributed by atoms with Gasteiger partial charge in [0.05, 0.1) is 23.7 Å². The van der Waals surface area contributed by atoms with Gasteiger partial charge in [-0.25, -0.2) is 4.79 Å². The molecule has 0 aliphatic heterocycles. The van der Waals surface area contributed by atoms with Crippen LogP contribution < -0.4 is 5.73 Å². The second-order valence-electron chi connectivity index (χ2n) is 4.47. The number of hydrogen-bond donors (Lipinski definition) is 1. The summed E-state index contributed by atoms with van der Waals surface area (Å²) >= 11 is 0. The average molecular weight is 232 g/mol. The van der Waals surface area contributed by atoms with Gasteiger partial charge in [0.15, 0.2) is 0 Å². The number of para-hydroxylation sites is 1. The number of ether oxygens (including phenoxy) is 1. The molecule has 17 heavy (non-hydrogen) atoms. The Bertz CT molecular complexity index is 447. The highest BCUT2D eigenvalue weighted by Gasteiger charge is 2.18. The molecule has 2 N–H and O–H groups in total. The monoisotopic (exact) mass is 232 g/mol.